The highest BCUT2D eigenvalue weighted by Gasteiger charge is 2.21. The lowest BCUT2D eigenvalue weighted by molar-refractivity contribution is 0.0600. The molecule has 1 atom stereocenters. The Morgan fingerprint density at radius 2 is 1.73 bits per heavy atom. The zero-order valence-electron chi connectivity index (χ0n) is 17.6. The number of H-pyrrole nitrogens is 1. The molecule has 1 heterocycles. The molecular weight excluding hydrogens is 442 g/mol. The molecule has 3 N–H and O–H groups in total. The van der Waals surface area contributed by atoms with Gasteiger partial charge in [-0.05, 0) is 48.0 Å². The van der Waals surface area contributed by atoms with Gasteiger partial charge in [-0.25, -0.2) is 9.59 Å². The highest BCUT2D eigenvalue weighted by Crippen LogP contribution is 2.22. The number of ether oxygens (including phenoxy) is 1. The number of anilines is 1. The predicted octanol–water partition coefficient (Wildman–Crippen LogP) is 4.88. The molecule has 0 radical (unpaired) electrons. The van der Waals surface area contributed by atoms with Crippen molar-refractivity contribution in [2.24, 2.45) is 0 Å². The lowest BCUT2D eigenvalue weighted by Gasteiger charge is -2.20. The fraction of sp³-hybridized carbons (Fsp3) is 0.0800. The van der Waals surface area contributed by atoms with E-state index in [4.69, 9.17) is 11.6 Å². The standard InChI is InChI=1S/C25H20ClN3O4/c1-33-24(31)16-7-10-18(11-8-16)28-25(32)29-22(15-5-3-2-4-6-15)20-14-27-21-13-17(26)9-12-19(21)23(20)30/h2-14,22H,1H3,(H,27,30)(H2,28,29,32). The third-order valence-electron chi connectivity index (χ3n) is 5.15. The first-order chi connectivity index (χ1) is 16.0. The summed E-state index contributed by atoms with van der Waals surface area (Å²) in [6, 6.07) is 19.3. The second kappa shape index (κ2) is 9.58. The van der Waals surface area contributed by atoms with E-state index in [0.29, 0.717) is 32.7 Å². The summed E-state index contributed by atoms with van der Waals surface area (Å²) in [5.74, 6) is -0.466. The fourth-order valence-electron chi connectivity index (χ4n) is 3.52. The summed E-state index contributed by atoms with van der Waals surface area (Å²) in [6.45, 7) is 0. The Balaban J connectivity index is 1.64. The summed E-state index contributed by atoms with van der Waals surface area (Å²) < 4.78 is 4.68. The zero-order valence-corrected chi connectivity index (χ0v) is 18.3. The van der Waals surface area contributed by atoms with Gasteiger partial charge in [0.2, 0.25) is 0 Å². The molecule has 166 valence electrons. The Bertz CT molecular complexity index is 1370. The molecule has 0 aliphatic heterocycles. The van der Waals surface area contributed by atoms with Crippen LogP contribution in [0.1, 0.15) is 27.5 Å². The van der Waals surface area contributed by atoms with Crippen molar-refractivity contribution in [3.8, 4) is 0 Å². The van der Waals surface area contributed by atoms with Gasteiger partial charge in [0, 0.05) is 27.9 Å². The van der Waals surface area contributed by atoms with E-state index >= 15 is 0 Å². The van der Waals surface area contributed by atoms with Gasteiger partial charge in [-0.2, -0.15) is 0 Å². The van der Waals surface area contributed by atoms with Crippen LogP contribution >= 0.6 is 11.6 Å². The van der Waals surface area contributed by atoms with Crippen molar-refractivity contribution in [3.05, 3.63) is 111 Å². The van der Waals surface area contributed by atoms with Crippen LogP contribution in [0.5, 0.6) is 0 Å². The Morgan fingerprint density at radius 3 is 2.42 bits per heavy atom. The van der Waals surface area contributed by atoms with Crippen LogP contribution in [0.3, 0.4) is 0 Å². The molecule has 0 aliphatic carbocycles. The molecule has 0 fully saturated rings. The minimum Gasteiger partial charge on any atom is -0.465 e. The minimum atomic E-state index is -0.704. The SMILES string of the molecule is COC(=O)c1ccc(NC(=O)NC(c2ccccc2)c2c[nH]c3cc(Cl)ccc3c2=O)cc1. The number of benzene rings is 3. The number of aromatic nitrogens is 1. The number of rotatable bonds is 5. The third kappa shape index (κ3) is 4.88. The average molecular weight is 462 g/mol. The Hall–Kier alpha value is -4.10. The van der Waals surface area contributed by atoms with Crippen molar-refractivity contribution in [1.82, 2.24) is 10.3 Å². The summed E-state index contributed by atoms with van der Waals surface area (Å²) in [6.07, 6.45) is 1.59. The van der Waals surface area contributed by atoms with Crippen molar-refractivity contribution in [2.75, 3.05) is 12.4 Å². The lowest BCUT2D eigenvalue weighted by Crippen LogP contribution is -2.35. The van der Waals surface area contributed by atoms with E-state index < -0.39 is 18.0 Å². The number of aromatic amines is 1. The molecule has 7 nitrogen and oxygen atoms in total. The third-order valence-corrected chi connectivity index (χ3v) is 5.39. The van der Waals surface area contributed by atoms with Gasteiger partial charge < -0.3 is 20.4 Å². The fourth-order valence-corrected chi connectivity index (χ4v) is 3.69. The molecule has 0 spiro atoms. The van der Waals surface area contributed by atoms with Crippen LogP contribution < -0.4 is 16.1 Å². The molecule has 3 aromatic carbocycles. The number of nitrogens with one attached hydrogen (secondary N) is 3. The highest BCUT2D eigenvalue weighted by atomic mass is 35.5. The number of amides is 2. The van der Waals surface area contributed by atoms with Crippen LogP contribution in [-0.4, -0.2) is 24.1 Å². The topological polar surface area (TPSA) is 100 Å². The van der Waals surface area contributed by atoms with Crippen molar-refractivity contribution < 1.29 is 14.3 Å². The van der Waals surface area contributed by atoms with Gasteiger partial charge in [0.05, 0.1) is 24.2 Å². The smallest absolute Gasteiger partial charge is 0.337 e. The van der Waals surface area contributed by atoms with Gasteiger partial charge in [0.15, 0.2) is 5.43 Å². The van der Waals surface area contributed by atoms with E-state index in [2.05, 4.69) is 20.4 Å². The first kappa shape index (κ1) is 22.1. The molecule has 2 amide bonds. The molecular formula is C25H20ClN3O4. The second-order valence-corrected chi connectivity index (χ2v) is 7.71. The first-order valence-electron chi connectivity index (χ1n) is 10.1. The van der Waals surface area contributed by atoms with Gasteiger partial charge in [-0.15, -0.1) is 0 Å². The van der Waals surface area contributed by atoms with Gasteiger partial charge >= 0.3 is 12.0 Å². The molecule has 33 heavy (non-hydrogen) atoms. The number of urea groups is 1. The van der Waals surface area contributed by atoms with Crippen LogP contribution in [0.4, 0.5) is 10.5 Å². The summed E-state index contributed by atoms with van der Waals surface area (Å²) in [5, 5.41) is 6.59. The Labute approximate surface area is 194 Å². The van der Waals surface area contributed by atoms with E-state index in [9.17, 15) is 14.4 Å². The lowest BCUT2D eigenvalue weighted by atomic mass is 9.98. The van der Waals surface area contributed by atoms with Gasteiger partial charge in [-0.3, -0.25) is 4.79 Å². The number of carbonyl (C=O) groups is 2. The molecule has 1 aromatic heterocycles. The van der Waals surface area contributed by atoms with Crippen LogP contribution in [0.15, 0.2) is 83.8 Å². The van der Waals surface area contributed by atoms with Crippen LogP contribution in [0.25, 0.3) is 10.9 Å². The average Bonchev–Trinajstić information content (AvgIpc) is 2.83. The van der Waals surface area contributed by atoms with Gasteiger partial charge in [0.1, 0.15) is 0 Å². The minimum absolute atomic E-state index is 0.211. The molecule has 1 unspecified atom stereocenters. The normalized spacial score (nSPS) is 11.6. The zero-order chi connectivity index (χ0) is 23.4. The predicted molar refractivity (Wildman–Crippen MR) is 128 cm³/mol. The molecule has 0 saturated heterocycles. The molecule has 0 aliphatic rings. The quantitative estimate of drug-likeness (QED) is 0.369. The van der Waals surface area contributed by atoms with Crippen molar-refractivity contribution >= 4 is 40.2 Å². The number of hydrogen-bond donors (Lipinski definition) is 3. The van der Waals surface area contributed by atoms with Crippen molar-refractivity contribution in [3.63, 3.8) is 0 Å². The van der Waals surface area contributed by atoms with Crippen molar-refractivity contribution in [1.29, 1.82) is 0 Å². The van der Waals surface area contributed by atoms with E-state index in [-0.39, 0.29) is 5.43 Å². The highest BCUT2D eigenvalue weighted by molar-refractivity contribution is 6.31. The van der Waals surface area contributed by atoms with E-state index in [1.807, 2.05) is 30.3 Å². The molecule has 0 bridgehead atoms. The maximum Gasteiger partial charge on any atom is 0.337 e. The number of pyridine rings is 1. The summed E-state index contributed by atoms with van der Waals surface area (Å²) in [4.78, 5) is 40.8. The number of carbonyl (C=O) groups excluding carboxylic acids is 2. The molecule has 0 saturated carbocycles. The number of halogens is 1. The molecule has 8 heteroatoms. The van der Waals surface area contributed by atoms with Crippen molar-refractivity contribution in [2.45, 2.75) is 6.04 Å². The number of esters is 1. The number of fused-ring (bicyclic) bond motifs is 1. The van der Waals surface area contributed by atoms with E-state index in [0.717, 1.165) is 5.56 Å². The summed E-state index contributed by atoms with van der Waals surface area (Å²) >= 11 is 6.04. The first-order valence-corrected chi connectivity index (χ1v) is 10.5. The largest absolute Gasteiger partial charge is 0.465 e. The summed E-state index contributed by atoms with van der Waals surface area (Å²) in [5.41, 5.74) is 2.37. The Kier molecular flexibility index (Phi) is 6.42. The van der Waals surface area contributed by atoms with Gasteiger partial charge in [-0.1, -0.05) is 41.9 Å². The van der Waals surface area contributed by atoms with Gasteiger partial charge in [0.25, 0.3) is 0 Å². The molecule has 4 aromatic rings. The maximum absolute atomic E-state index is 13.2. The summed E-state index contributed by atoms with van der Waals surface area (Å²) in [7, 11) is 1.30. The monoisotopic (exact) mass is 461 g/mol. The second-order valence-electron chi connectivity index (χ2n) is 7.27. The maximum atomic E-state index is 13.2. The van der Waals surface area contributed by atoms with Crippen LogP contribution in [0, 0.1) is 0 Å². The van der Waals surface area contributed by atoms with E-state index in [1.54, 1.807) is 48.7 Å². The number of methoxy groups -OCH3 is 1. The molecule has 4 rings (SSSR count). The van der Waals surface area contributed by atoms with E-state index in [1.165, 1.54) is 7.11 Å². The number of hydrogen-bond acceptors (Lipinski definition) is 4. The Morgan fingerprint density at radius 1 is 1.00 bits per heavy atom. The van der Waals surface area contributed by atoms with Crippen LogP contribution in [-0.2, 0) is 4.74 Å². The van der Waals surface area contributed by atoms with Crippen LogP contribution in [0.2, 0.25) is 5.02 Å².